The molecule has 1 heterocycles. The number of aliphatic hydroxyl groups excluding tert-OH is 1. The average Bonchev–Trinajstić information content (AvgIpc) is 2.35. The number of ether oxygens (including phenoxy) is 1. The van der Waals surface area contributed by atoms with Crippen LogP contribution in [0.25, 0.3) is 0 Å². The zero-order valence-corrected chi connectivity index (χ0v) is 9.04. The maximum absolute atomic E-state index is 9.60. The summed E-state index contributed by atoms with van der Waals surface area (Å²) in [6, 6.07) is 0. The molecular weight excluding hydrogens is 182 g/mol. The number of rotatable bonds is 1. The Morgan fingerprint density at radius 2 is 2.21 bits per heavy atom. The summed E-state index contributed by atoms with van der Waals surface area (Å²) in [6.45, 7) is 11.0. The van der Waals surface area contributed by atoms with Gasteiger partial charge in [0, 0.05) is 13.1 Å². The lowest BCUT2D eigenvalue weighted by Gasteiger charge is -2.14. The smallest absolute Gasteiger partial charge is 0.293 e. The van der Waals surface area contributed by atoms with Crippen LogP contribution in [0.4, 0.5) is 0 Å². The Hall–Kier alpha value is -0.870. The number of aliphatic hydroxyl groups is 1. The van der Waals surface area contributed by atoms with Crippen LogP contribution in [-0.2, 0) is 9.53 Å². The molecule has 0 aliphatic carbocycles. The van der Waals surface area contributed by atoms with Gasteiger partial charge in [0.25, 0.3) is 6.47 Å². The van der Waals surface area contributed by atoms with Gasteiger partial charge in [-0.2, -0.15) is 0 Å². The Bertz CT molecular complexity index is 196. The number of carbonyl (C=O) groups excluding carboxylic acids is 1. The number of hydrogen-bond acceptors (Lipinski definition) is 4. The third kappa shape index (κ3) is 6.62. The van der Waals surface area contributed by atoms with Crippen LogP contribution in [0.2, 0.25) is 0 Å². The summed E-state index contributed by atoms with van der Waals surface area (Å²) in [4.78, 5) is 9.60. The van der Waals surface area contributed by atoms with Crippen LogP contribution < -0.4 is 5.32 Å². The van der Waals surface area contributed by atoms with Crippen molar-refractivity contribution >= 4 is 6.47 Å². The molecule has 0 aromatic rings. The zero-order chi connectivity index (χ0) is 11.2. The molecule has 1 atom stereocenters. The van der Waals surface area contributed by atoms with E-state index in [4.69, 9.17) is 5.11 Å². The Kier molecular flexibility index (Phi) is 5.42. The van der Waals surface area contributed by atoms with Gasteiger partial charge in [-0.25, -0.2) is 0 Å². The molecule has 1 aliphatic heterocycles. The van der Waals surface area contributed by atoms with E-state index in [0.29, 0.717) is 13.0 Å². The molecule has 0 unspecified atom stereocenters. The van der Waals surface area contributed by atoms with E-state index >= 15 is 0 Å². The molecule has 0 saturated carbocycles. The number of carbonyl (C=O) groups is 1. The summed E-state index contributed by atoms with van der Waals surface area (Å²) in [5, 5.41) is 11.8. The molecule has 1 fully saturated rings. The second-order valence-corrected chi connectivity index (χ2v) is 4.13. The van der Waals surface area contributed by atoms with Gasteiger partial charge in [0.1, 0.15) is 5.60 Å². The second kappa shape index (κ2) is 5.78. The maximum Gasteiger partial charge on any atom is 0.293 e. The first-order valence-corrected chi connectivity index (χ1v) is 4.54. The van der Waals surface area contributed by atoms with Crippen molar-refractivity contribution in [3.05, 3.63) is 12.2 Å². The quantitative estimate of drug-likeness (QED) is 0.478. The van der Waals surface area contributed by atoms with Gasteiger partial charge in [-0.15, -0.1) is 0 Å². The van der Waals surface area contributed by atoms with Gasteiger partial charge in [-0.05, 0) is 26.3 Å². The molecule has 0 bridgehead atoms. The zero-order valence-electron chi connectivity index (χ0n) is 9.04. The van der Waals surface area contributed by atoms with Crippen molar-refractivity contribution in [2.75, 3.05) is 13.1 Å². The minimum Gasteiger partial charge on any atom is -0.462 e. The van der Waals surface area contributed by atoms with E-state index in [-0.39, 0.29) is 11.7 Å². The van der Waals surface area contributed by atoms with Crippen LogP contribution in [0, 0.1) is 0 Å². The van der Waals surface area contributed by atoms with Crippen molar-refractivity contribution in [3.63, 3.8) is 0 Å². The molecule has 14 heavy (non-hydrogen) atoms. The van der Waals surface area contributed by atoms with Crippen LogP contribution in [0.15, 0.2) is 12.2 Å². The highest BCUT2D eigenvalue weighted by molar-refractivity contribution is 5.37. The Morgan fingerprint density at radius 1 is 1.64 bits per heavy atom. The van der Waals surface area contributed by atoms with E-state index in [1.807, 2.05) is 20.8 Å². The van der Waals surface area contributed by atoms with Crippen molar-refractivity contribution in [2.24, 2.45) is 0 Å². The molecule has 0 radical (unpaired) electrons. The molecule has 0 amide bonds. The monoisotopic (exact) mass is 201 g/mol. The molecule has 1 saturated heterocycles. The van der Waals surface area contributed by atoms with Crippen molar-refractivity contribution < 1.29 is 14.6 Å². The summed E-state index contributed by atoms with van der Waals surface area (Å²) in [5.41, 5.74) is 0.585. The van der Waals surface area contributed by atoms with Gasteiger partial charge in [0.2, 0.25) is 0 Å². The highest BCUT2D eigenvalue weighted by atomic mass is 16.5. The summed E-state index contributed by atoms with van der Waals surface area (Å²) < 4.78 is 4.55. The van der Waals surface area contributed by atoms with Crippen LogP contribution in [0.5, 0.6) is 0 Å². The molecular formula is C10H19NO3. The normalized spacial score (nSPS) is 21.1. The first-order valence-electron chi connectivity index (χ1n) is 4.54. The minimum absolute atomic E-state index is 0.292. The van der Waals surface area contributed by atoms with Gasteiger partial charge in [-0.3, -0.25) is 4.79 Å². The third-order valence-electron chi connectivity index (χ3n) is 1.56. The second-order valence-electron chi connectivity index (χ2n) is 4.13. The van der Waals surface area contributed by atoms with Crippen molar-refractivity contribution in [3.8, 4) is 0 Å². The van der Waals surface area contributed by atoms with Gasteiger partial charge >= 0.3 is 0 Å². The van der Waals surface area contributed by atoms with E-state index in [0.717, 1.165) is 12.1 Å². The predicted molar refractivity (Wildman–Crippen MR) is 54.9 cm³/mol. The van der Waals surface area contributed by atoms with Gasteiger partial charge in [0.05, 0.1) is 6.10 Å². The van der Waals surface area contributed by atoms with Gasteiger partial charge < -0.3 is 15.2 Å². The van der Waals surface area contributed by atoms with Crippen LogP contribution in [0.3, 0.4) is 0 Å². The first kappa shape index (κ1) is 13.1. The lowest BCUT2D eigenvalue weighted by atomic mass is 10.2. The average molecular weight is 201 g/mol. The Balaban J connectivity index is 0.000000241. The van der Waals surface area contributed by atoms with Gasteiger partial charge in [0.15, 0.2) is 0 Å². The molecule has 1 rings (SSSR count). The van der Waals surface area contributed by atoms with E-state index in [2.05, 4.69) is 16.6 Å². The van der Waals surface area contributed by atoms with E-state index in [9.17, 15) is 4.79 Å². The maximum atomic E-state index is 9.60. The molecule has 4 heteroatoms. The van der Waals surface area contributed by atoms with E-state index in [1.165, 1.54) is 0 Å². The van der Waals surface area contributed by atoms with Crippen molar-refractivity contribution in [2.45, 2.75) is 32.5 Å². The minimum atomic E-state index is -0.318. The summed E-state index contributed by atoms with van der Waals surface area (Å²) in [7, 11) is 0. The number of hydrogen-bond donors (Lipinski definition) is 2. The fraction of sp³-hybridized carbons (Fsp3) is 0.700. The number of nitrogens with one attached hydrogen (secondary N) is 1. The fourth-order valence-electron chi connectivity index (χ4n) is 0.776. The molecule has 2 N–H and O–H groups in total. The number of β-amino-alcohol motifs (C(OH)–C–C–N with tert-alkyl or cyclic N) is 1. The fourth-order valence-corrected chi connectivity index (χ4v) is 0.776. The Morgan fingerprint density at radius 3 is 2.29 bits per heavy atom. The Labute approximate surface area is 85.0 Å². The largest absolute Gasteiger partial charge is 0.462 e. The first-order chi connectivity index (χ1) is 6.37. The van der Waals surface area contributed by atoms with Gasteiger partial charge in [-0.1, -0.05) is 6.58 Å². The van der Waals surface area contributed by atoms with Crippen LogP contribution >= 0.6 is 0 Å². The summed E-state index contributed by atoms with van der Waals surface area (Å²) in [5.74, 6) is 0. The summed E-state index contributed by atoms with van der Waals surface area (Å²) >= 11 is 0. The SMILES string of the molecule is C=C1CNC[C@H]1O.CC(C)(C)OC=O. The standard InChI is InChI=1S/C5H9NO.C5H10O2/c1-4-2-6-3-5(4)7;1-5(2,3)7-4-6/h5-7H,1-3H2;4H,1-3H3/t5-;/m1./s1. The molecule has 0 spiro atoms. The highest BCUT2D eigenvalue weighted by Gasteiger charge is 2.13. The lowest BCUT2D eigenvalue weighted by Crippen LogP contribution is -2.17. The lowest BCUT2D eigenvalue weighted by molar-refractivity contribution is -0.138. The predicted octanol–water partition coefficient (Wildman–Crippen LogP) is 0.465. The van der Waals surface area contributed by atoms with Crippen LogP contribution in [-0.4, -0.2) is 36.4 Å². The van der Waals surface area contributed by atoms with E-state index < -0.39 is 0 Å². The van der Waals surface area contributed by atoms with Crippen LogP contribution in [0.1, 0.15) is 20.8 Å². The molecule has 1 aliphatic rings. The molecule has 0 aromatic heterocycles. The molecule has 0 aromatic carbocycles. The highest BCUT2D eigenvalue weighted by Crippen LogP contribution is 2.02. The molecule has 4 nitrogen and oxygen atoms in total. The van der Waals surface area contributed by atoms with Crippen molar-refractivity contribution in [1.82, 2.24) is 5.32 Å². The molecule has 82 valence electrons. The van der Waals surface area contributed by atoms with Crippen molar-refractivity contribution in [1.29, 1.82) is 0 Å². The van der Waals surface area contributed by atoms with E-state index in [1.54, 1.807) is 0 Å². The third-order valence-corrected chi connectivity index (χ3v) is 1.56. The topological polar surface area (TPSA) is 58.6 Å². The summed E-state index contributed by atoms with van der Waals surface area (Å²) in [6.07, 6.45) is -0.292.